The maximum Gasteiger partial charge on any atom is 0.269 e. The predicted octanol–water partition coefficient (Wildman–Crippen LogP) is 2.39. The van der Waals surface area contributed by atoms with Gasteiger partial charge in [-0.1, -0.05) is 24.4 Å². The van der Waals surface area contributed by atoms with Crippen LogP contribution in [0.4, 0.5) is 0 Å². The van der Waals surface area contributed by atoms with Gasteiger partial charge < -0.3 is 5.32 Å². The maximum absolute atomic E-state index is 11.8. The van der Waals surface area contributed by atoms with Crippen LogP contribution in [0.3, 0.4) is 0 Å². The van der Waals surface area contributed by atoms with Gasteiger partial charge in [0.15, 0.2) is 5.11 Å². The van der Waals surface area contributed by atoms with Gasteiger partial charge in [-0.25, -0.2) is 0 Å². The monoisotopic (exact) mass is 297 g/mol. The van der Waals surface area contributed by atoms with Crippen LogP contribution in [-0.2, 0) is 0 Å². The van der Waals surface area contributed by atoms with Crippen molar-refractivity contribution in [1.82, 2.24) is 16.2 Å². The number of hydrogen-bond donors (Lipinski definition) is 3. The number of halogens is 1. The van der Waals surface area contributed by atoms with E-state index < -0.39 is 0 Å². The second-order valence-electron chi connectivity index (χ2n) is 4.54. The molecular weight excluding hydrogens is 282 g/mol. The normalized spacial score (nSPS) is 15.0. The molecule has 0 atom stereocenters. The third-order valence-electron chi connectivity index (χ3n) is 3.09. The lowest BCUT2D eigenvalue weighted by Gasteiger charge is -2.16. The zero-order valence-electron chi connectivity index (χ0n) is 10.4. The molecular formula is C13H16ClN3OS. The first kappa shape index (κ1) is 14.1. The molecule has 3 N–H and O–H groups in total. The Morgan fingerprint density at radius 3 is 2.42 bits per heavy atom. The van der Waals surface area contributed by atoms with E-state index in [0.29, 0.717) is 21.7 Å². The Kier molecular flexibility index (Phi) is 4.99. The van der Waals surface area contributed by atoms with Crippen LogP contribution in [0.1, 0.15) is 36.0 Å². The Balaban J connectivity index is 1.76. The minimum Gasteiger partial charge on any atom is -0.359 e. The zero-order chi connectivity index (χ0) is 13.7. The van der Waals surface area contributed by atoms with E-state index in [1.807, 2.05) is 0 Å². The van der Waals surface area contributed by atoms with Crippen molar-refractivity contribution >= 4 is 34.8 Å². The lowest BCUT2D eigenvalue weighted by Crippen LogP contribution is -2.49. The number of amides is 1. The van der Waals surface area contributed by atoms with Gasteiger partial charge in [-0.3, -0.25) is 15.6 Å². The Bertz CT molecular complexity index is 457. The Hall–Kier alpha value is -1.33. The van der Waals surface area contributed by atoms with Gasteiger partial charge in [-0.15, -0.1) is 0 Å². The summed E-state index contributed by atoms with van der Waals surface area (Å²) in [6.45, 7) is 0. The lowest BCUT2D eigenvalue weighted by molar-refractivity contribution is 0.0943. The second-order valence-corrected chi connectivity index (χ2v) is 5.39. The number of nitrogens with one attached hydrogen (secondary N) is 3. The van der Waals surface area contributed by atoms with Crippen molar-refractivity contribution in [2.45, 2.75) is 31.7 Å². The lowest BCUT2D eigenvalue weighted by atomic mass is 10.2. The molecule has 6 heteroatoms. The Labute approximate surface area is 122 Å². The summed E-state index contributed by atoms with van der Waals surface area (Å²) < 4.78 is 0. The summed E-state index contributed by atoms with van der Waals surface area (Å²) in [5, 5.41) is 4.23. The Morgan fingerprint density at radius 2 is 1.79 bits per heavy atom. The summed E-state index contributed by atoms with van der Waals surface area (Å²) in [4.78, 5) is 11.8. The van der Waals surface area contributed by atoms with Gasteiger partial charge in [-0.05, 0) is 49.3 Å². The van der Waals surface area contributed by atoms with Crippen LogP contribution in [-0.4, -0.2) is 17.1 Å². The van der Waals surface area contributed by atoms with Crippen molar-refractivity contribution in [1.29, 1.82) is 0 Å². The number of hydrazine groups is 1. The standard InChI is InChI=1S/C13H16ClN3OS/c14-10-7-5-9(6-8-10)12(18)16-17-13(19)15-11-3-1-2-4-11/h5-8,11H,1-4H2,(H,16,18)(H2,15,17,19). The fraction of sp³-hybridized carbons (Fsp3) is 0.385. The third kappa shape index (κ3) is 4.36. The summed E-state index contributed by atoms with van der Waals surface area (Å²) in [6.07, 6.45) is 4.73. The zero-order valence-corrected chi connectivity index (χ0v) is 12.0. The molecule has 19 heavy (non-hydrogen) atoms. The molecule has 1 aliphatic carbocycles. The van der Waals surface area contributed by atoms with E-state index in [0.717, 1.165) is 12.8 Å². The molecule has 1 aromatic rings. The molecule has 0 bridgehead atoms. The van der Waals surface area contributed by atoms with Crippen LogP contribution in [0, 0.1) is 0 Å². The van der Waals surface area contributed by atoms with Crippen LogP contribution < -0.4 is 16.2 Å². The average molecular weight is 298 g/mol. The predicted molar refractivity (Wildman–Crippen MR) is 80.0 cm³/mol. The number of carbonyl (C=O) groups excluding carboxylic acids is 1. The molecule has 1 aromatic carbocycles. The number of rotatable bonds is 2. The molecule has 1 aliphatic rings. The van der Waals surface area contributed by atoms with E-state index in [4.69, 9.17) is 23.8 Å². The Morgan fingerprint density at radius 1 is 1.16 bits per heavy atom. The van der Waals surface area contributed by atoms with Gasteiger partial charge >= 0.3 is 0 Å². The quantitative estimate of drug-likeness (QED) is 0.579. The first-order chi connectivity index (χ1) is 9.15. The van der Waals surface area contributed by atoms with E-state index in [-0.39, 0.29) is 5.91 Å². The fourth-order valence-electron chi connectivity index (χ4n) is 2.08. The number of thiocarbonyl (C=S) groups is 1. The van der Waals surface area contributed by atoms with E-state index in [2.05, 4.69) is 16.2 Å². The van der Waals surface area contributed by atoms with Gasteiger partial charge in [0, 0.05) is 16.6 Å². The van der Waals surface area contributed by atoms with Gasteiger partial charge in [0.2, 0.25) is 0 Å². The van der Waals surface area contributed by atoms with E-state index in [9.17, 15) is 4.79 Å². The van der Waals surface area contributed by atoms with Gasteiger partial charge in [0.25, 0.3) is 5.91 Å². The highest BCUT2D eigenvalue weighted by atomic mass is 35.5. The summed E-state index contributed by atoms with van der Waals surface area (Å²) in [7, 11) is 0. The molecule has 102 valence electrons. The van der Waals surface area contributed by atoms with Crippen molar-refractivity contribution in [3.63, 3.8) is 0 Å². The third-order valence-corrected chi connectivity index (χ3v) is 3.56. The van der Waals surface area contributed by atoms with E-state index in [1.165, 1.54) is 12.8 Å². The van der Waals surface area contributed by atoms with Crippen molar-refractivity contribution in [3.05, 3.63) is 34.9 Å². The summed E-state index contributed by atoms with van der Waals surface area (Å²) in [5.74, 6) is -0.243. The molecule has 0 aromatic heterocycles. The molecule has 1 fully saturated rings. The number of hydrogen-bond acceptors (Lipinski definition) is 2. The number of benzene rings is 1. The highest BCUT2D eigenvalue weighted by Gasteiger charge is 2.15. The van der Waals surface area contributed by atoms with Crippen molar-refractivity contribution in [3.8, 4) is 0 Å². The smallest absolute Gasteiger partial charge is 0.269 e. The summed E-state index contributed by atoms with van der Waals surface area (Å²) in [5.41, 5.74) is 5.79. The highest BCUT2D eigenvalue weighted by Crippen LogP contribution is 2.17. The summed E-state index contributed by atoms with van der Waals surface area (Å²) in [6, 6.07) is 7.09. The average Bonchev–Trinajstić information content (AvgIpc) is 2.89. The second kappa shape index (κ2) is 6.73. The molecule has 0 unspecified atom stereocenters. The van der Waals surface area contributed by atoms with Gasteiger partial charge in [-0.2, -0.15) is 0 Å². The molecule has 1 saturated carbocycles. The minimum atomic E-state index is -0.243. The van der Waals surface area contributed by atoms with Crippen LogP contribution in [0.15, 0.2) is 24.3 Å². The van der Waals surface area contributed by atoms with Crippen LogP contribution in [0.25, 0.3) is 0 Å². The SMILES string of the molecule is O=C(NNC(=S)NC1CCCC1)c1ccc(Cl)cc1. The van der Waals surface area contributed by atoms with Gasteiger partial charge in [0.1, 0.15) is 0 Å². The maximum atomic E-state index is 11.8. The molecule has 0 aliphatic heterocycles. The molecule has 1 amide bonds. The van der Waals surface area contributed by atoms with Crippen LogP contribution >= 0.6 is 23.8 Å². The van der Waals surface area contributed by atoms with E-state index >= 15 is 0 Å². The highest BCUT2D eigenvalue weighted by molar-refractivity contribution is 7.80. The first-order valence-electron chi connectivity index (χ1n) is 6.27. The topological polar surface area (TPSA) is 53.2 Å². The molecule has 4 nitrogen and oxygen atoms in total. The molecule has 0 spiro atoms. The molecule has 0 radical (unpaired) electrons. The minimum absolute atomic E-state index is 0.243. The summed E-state index contributed by atoms with van der Waals surface area (Å²) >= 11 is 10.9. The van der Waals surface area contributed by atoms with Crippen LogP contribution in [0.5, 0.6) is 0 Å². The van der Waals surface area contributed by atoms with Gasteiger partial charge in [0.05, 0.1) is 0 Å². The van der Waals surface area contributed by atoms with E-state index in [1.54, 1.807) is 24.3 Å². The van der Waals surface area contributed by atoms with Crippen molar-refractivity contribution in [2.24, 2.45) is 0 Å². The largest absolute Gasteiger partial charge is 0.359 e. The number of carbonyl (C=O) groups is 1. The van der Waals surface area contributed by atoms with Crippen molar-refractivity contribution in [2.75, 3.05) is 0 Å². The molecule has 0 saturated heterocycles. The molecule has 2 rings (SSSR count). The molecule has 0 heterocycles. The fourth-order valence-corrected chi connectivity index (χ4v) is 2.42. The van der Waals surface area contributed by atoms with Crippen LogP contribution in [0.2, 0.25) is 5.02 Å². The first-order valence-corrected chi connectivity index (χ1v) is 7.06. The van der Waals surface area contributed by atoms with Crippen molar-refractivity contribution < 1.29 is 4.79 Å².